The quantitative estimate of drug-likeness (QED) is 0.871. The van der Waals surface area contributed by atoms with Crippen LogP contribution in [0.15, 0.2) is 18.2 Å². The van der Waals surface area contributed by atoms with E-state index in [0.717, 1.165) is 41.6 Å². The number of methoxy groups -OCH3 is 1. The van der Waals surface area contributed by atoms with Gasteiger partial charge < -0.3 is 15.4 Å². The smallest absolute Gasteiger partial charge is 0.261 e. The summed E-state index contributed by atoms with van der Waals surface area (Å²) >= 11 is 1.42. The molecule has 6 heteroatoms. The van der Waals surface area contributed by atoms with Crippen LogP contribution in [0.2, 0.25) is 0 Å². The highest BCUT2D eigenvalue weighted by Gasteiger charge is 2.32. The normalized spacial score (nSPS) is 17.1. The van der Waals surface area contributed by atoms with Crippen LogP contribution in [0.1, 0.15) is 28.1 Å². The minimum Gasteiger partial charge on any atom is -0.384 e. The van der Waals surface area contributed by atoms with Crippen molar-refractivity contribution in [1.29, 1.82) is 0 Å². The third-order valence-corrected chi connectivity index (χ3v) is 6.11. The van der Waals surface area contributed by atoms with Crippen LogP contribution in [-0.4, -0.2) is 39.3 Å². The summed E-state index contributed by atoms with van der Waals surface area (Å²) in [5.74, 6) is -0.354. The second-order valence-electron chi connectivity index (χ2n) is 6.56. The van der Waals surface area contributed by atoms with Crippen LogP contribution in [0.25, 0.3) is 10.1 Å². The van der Waals surface area contributed by atoms with Gasteiger partial charge in [0.1, 0.15) is 5.82 Å². The topological polar surface area (TPSA) is 50.4 Å². The van der Waals surface area contributed by atoms with Crippen molar-refractivity contribution in [2.75, 3.05) is 33.4 Å². The number of carbonyl (C=O) groups excluding carboxylic acids is 1. The SMILES string of the molecule is COCC1(CNC(=O)c2sc3ccc(F)cc3c2C)CCNCC1. The van der Waals surface area contributed by atoms with Gasteiger partial charge in [0.15, 0.2) is 0 Å². The Morgan fingerprint density at radius 3 is 2.88 bits per heavy atom. The zero-order valence-electron chi connectivity index (χ0n) is 14.1. The molecule has 3 rings (SSSR count). The largest absolute Gasteiger partial charge is 0.384 e. The molecule has 1 aromatic carbocycles. The van der Waals surface area contributed by atoms with Crippen molar-refractivity contribution in [2.45, 2.75) is 19.8 Å². The van der Waals surface area contributed by atoms with Crippen LogP contribution in [0.5, 0.6) is 0 Å². The standard InChI is InChI=1S/C18H23FN2O2S/c1-12-14-9-13(19)3-4-15(14)24-16(12)17(22)21-10-18(11-23-2)5-7-20-8-6-18/h3-4,9,20H,5-8,10-11H2,1-2H3,(H,21,22). The zero-order valence-corrected chi connectivity index (χ0v) is 14.9. The predicted molar refractivity (Wildman–Crippen MR) is 95.3 cm³/mol. The average Bonchev–Trinajstić information content (AvgIpc) is 2.91. The molecule has 1 aliphatic rings. The Balaban J connectivity index is 1.76. The fourth-order valence-electron chi connectivity index (χ4n) is 3.39. The minimum absolute atomic E-state index is 0.00758. The Morgan fingerprint density at radius 2 is 2.17 bits per heavy atom. The number of fused-ring (bicyclic) bond motifs is 1. The molecule has 0 atom stereocenters. The summed E-state index contributed by atoms with van der Waals surface area (Å²) in [7, 11) is 1.70. The van der Waals surface area contributed by atoms with Crippen molar-refractivity contribution in [3.63, 3.8) is 0 Å². The molecule has 0 aliphatic carbocycles. The molecule has 1 aromatic heterocycles. The fourth-order valence-corrected chi connectivity index (χ4v) is 4.50. The van der Waals surface area contributed by atoms with Crippen molar-refractivity contribution in [3.8, 4) is 0 Å². The molecule has 1 aliphatic heterocycles. The molecule has 0 saturated carbocycles. The first-order valence-electron chi connectivity index (χ1n) is 8.21. The van der Waals surface area contributed by atoms with Gasteiger partial charge in [-0.15, -0.1) is 11.3 Å². The van der Waals surface area contributed by atoms with E-state index >= 15 is 0 Å². The maximum Gasteiger partial charge on any atom is 0.261 e. The summed E-state index contributed by atoms with van der Waals surface area (Å²) in [6.45, 7) is 5.01. The number of thiophene rings is 1. The predicted octanol–water partition coefficient (Wildman–Crippen LogP) is 3.09. The lowest BCUT2D eigenvalue weighted by Gasteiger charge is -2.37. The fraction of sp³-hybridized carbons (Fsp3) is 0.500. The molecule has 0 unspecified atom stereocenters. The number of piperidine rings is 1. The van der Waals surface area contributed by atoms with Crippen molar-refractivity contribution in [1.82, 2.24) is 10.6 Å². The average molecular weight is 350 g/mol. The van der Waals surface area contributed by atoms with Crippen molar-refractivity contribution in [3.05, 3.63) is 34.5 Å². The monoisotopic (exact) mass is 350 g/mol. The van der Waals surface area contributed by atoms with E-state index < -0.39 is 0 Å². The van der Waals surface area contributed by atoms with Crippen LogP contribution in [0, 0.1) is 18.2 Å². The first-order valence-corrected chi connectivity index (χ1v) is 9.03. The highest BCUT2D eigenvalue weighted by atomic mass is 32.1. The highest BCUT2D eigenvalue weighted by molar-refractivity contribution is 7.21. The summed E-state index contributed by atoms with van der Waals surface area (Å²) < 4.78 is 19.8. The lowest BCUT2D eigenvalue weighted by molar-refractivity contribution is 0.0512. The number of carbonyl (C=O) groups is 1. The van der Waals surface area contributed by atoms with Crippen LogP contribution in [0.4, 0.5) is 4.39 Å². The number of ether oxygens (including phenoxy) is 1. The van der Waals surface area contributed by atoms with Crippen LogP contribution >= 0.6 is 11.3 Å². The van der Waals surface area contributed by atoms with E-state index in [4.69, 9.17) is 4.74 Å². The van der Waals surface area contributed by atoms with E-state index in [9.17, 15) is 9.18 Å². The Hall–Kier alpha value is -1.50. The lowest BCUT2D eigenvalue weighted by Crippen LogP contribution is -2.47. The molecule has 0 spiro atoms. The first-order chi connectivity index (χ1) is 11.5. The summed E-state index contributed by atoms with van der Waals surface area (Å²) in [4.78, 5) is 13.3. The van der Waals surface area contributed by atoms with Crippen molar-refractivity contribution >= 4 is 27.3 Å². The summed E-state index contributed by atoms with van der Waals surface area (Å²) in [6, 6.07) is 4.66. The van der Waals surface area contributed by atoms with E-state index in [0.29, 0.717) is 18.0 Å². The molecule has 0 bridgehead atoms. The third-order valence-electron chi connectivity index (χ3n) is 4.84. The molecule has 0 radical (unpaired) electrons. The number of hydrogen-bond donors (Lipinski definition) is 2. The number of benzene rings is 1. The summed E-state index contributed by atoms with van der Waals surface area (Å²) in [5.41, 5.74) is 0.838. The first kappa shape index (κ1) is 17.3. The van der Waals surface area contributed by atoms with Gasteiger partial charge in [0.2, 0.25) is 0 Å². The van der Waals surface area contributed by atoms with Gasteiger partial charge in [-0.05, 0) is 62.0 Å². The Kier molecular flexibility index (Phi) is 5.18. The van der Waals surface area contributed by atoms with Crippen LogP contribution < -0.4 is 10.6 Å². The number of halogens is 1. The maximum absolute atomic E-state index is 13.4. The second-order valence-corrected chi connectivity index (χ2v) is 7.61. The van der Waals surface area contributed by atoms with E-state index in [1.165, 1.54) is 23.5 Å². The van der Waals surface area contributed by atoms with Gasteiger partial charge in [-0.3, -0.25) is 4.79 Å². The van der Waals surface area contributed by atoms with Gasteiger partial charge in [0.25, 0.3) is 5.91 Å². The molecule has 4 nitrogen and oxygen atoms in total. The van der Waals surface area contributed by atoms with E-state index in [1.807, 2.05) is 6.92 Å². The van der Waals surface area contributed by atoms with Crippen LogP contribution in [0.3, 0.4) is 0 Å². The van der Waals surface area contributed by atoms with Gasteiger partial charge in [0.05, 0.1) is 11.5 Å². The molecule has 2 N–H and O–H groups in total. The highest BCUT2D eigenvalue weighted by Crippen LogP contribution is 2.32. The zero-order chi connectivity index (χ0) is 17.2. The number of hydrogen-bond acceptors (Lipinski definition) is 4. The molecule has 1 amide bonds. The Labute approximate surface area is 145 Å². The number of amides is 1. The van der Waals surface area contributed by atoms with Gasteiger partial charge in [-0.1, -0.05) is 0 Å². The molecule has 1 fully saturated rings. The van der Waals surface area contributed by atoms with Crippen molar-refractivity contribution in [2.24, 2.45) is 5.41 Å². The number of rotatable bonds is 5. The Bertz CT molecular complexity index is 732. The molecular weight excluding hydrogens is 327 g/mol. The van der Waals surface area contributed by atoms with E-state index in [-0.39, 0.29) is 17.1 Å². The second kappa shape index (κ2) is 7.17. The maximum atomic E-state index is 13.4. The van der Waals surface area contributed by atoms with Gasteiger partial charge >= 0.3 is 0 Å². The van der Waals surface area contributed by atoms with E-state index in [2.05, 4.69) is 10.6 Å². The van der Waals surface area contributed by atoms with Gasteiger partial charge in [-0.25, -0.2) is 4.39 Å². The summed E-state index contributed by atoms with van der Waals surface area (Å²) in [6.07, 6.45) is 1.97. The van der Waals surface area contributed by atoms with Gasteiger partial charge in [-0.2, -0.15) is 0 Å². The number of aryl methyl sites for hydroxylation is 1. The molecule has 130 valence electrons. The van der Waals surface area contributed by atoms with Crippen LogP contribution in [-0.2, 0) is 4.74 Å². The number of nitrogens with one attached hydrogen (secondary N) is 2. The Morgan fingerprint density at radius 1 is 1.42 bits per heavy atom. The molecule has 24 heavy (non-hydrogen) atoms. The molecule has 1 saturated heterocycles. The van der Waals surface area contributed by atoms with Crippen molar-refractivity contribution < 1.29 is 13.9 Å². The molecular formula is C18H23FN2O2S. The molecule has 2 aromatic rings. The van der Waals surface area contributed by atoms with Gasteiger partial charge in [0, 0.05) is 23.8 Å². The third kappa shape index (κ3) is 3.45. The molecule has 2 heterocycles. The minimum atomic E-state index is -0.274. The lowest BCUT2D eigenvalue weighted by atomic mass is 9.79. The summed E-state index contributed by atoms with van der Waals surface area (Å²) in [5, 5.41) is 7.25. The van der Waals surface area contributed by atoms with E-state index in [1.54, 1.807) is 13.2 Å².